The molecule has 0 aromatic heterocycles. The number of hydrogen-bond donors (Lipinski definition) is 2. The van der Waals surface area contributed by atoms with Crippen molar-refractivity contribution in [1.82, 2.24) is 10.2 Å². The quantitative estimate of drug-likeness (QED) is 0.788. The van der Waals surface area contributed by atoms with Gasteiger partial charge < -0.3 is 15.4 Å². The maximum absolute atomic E-state index is 12.1. The van der Waals surface area contributed by atoms with E-state index in [4.69, 9.17) is 4.74 Å². The Labute approximate surface area is 166 Å². The molecule has 5 heteroatoms. The van der Waals surface area contributed by atoms with Crippen molar-refractivity contribution in [3.8, 4) is 0 Å². The van der Waals surface area contributed by atoms with Gasteiger partial charge in [-0.2, -0.15) is 0 Å². The highest BCUT2D eigenvalue weighted by Crippen LogP contribution is 2.53. The Hall–Kier alpha value is -1.85. The fourth-order valence-corrected chi connectivity index (χ4v) is 6.59. The predicted molar refractivity (Wildman–Crippen MR) is 108 cm³/mol. The Morgan fingerprint density at radius 3 is 3.11 bits per heavy atom. The molecule has 1 aliphatic carbocycles. The number of benzene rings is 1. The second kappa shape index (κ2) is 6.33. The molecule has 2 N–H and O–H groups in total. The molecule has 5 nitrogen and oxygen atoms in total. The molecule has 0 radical (unpaired) electrons. The van der Waals surface area contributed by atoms with Crippen LogP contribution in [0.4, 0.5) is 5.69 Å². The van der Waals surface area contributed by atoms with E-state index in [2.05, 4.69) is 39.8 Å². The molecule has 1 spiro atoms. The minimum Gasteiger partial charge on any atom is -0.450 e. The highest BCUT2D eigenvalue weighted by Gasteiger charge is 2.63. The lowest BCUT2D eigenvalue weighted by Crippen LogP contribution is -2.50. The molecule has 5 atom stereocenters. The molecular formula is C23H29N3O2. The van der Waals surface area contributed by atoms with Gasteiger partial charge in [0.05, 0.1) is 6.04 Å². The van der Waals surface area contributed by atoms with Crippen LogP contribution in [-0.2, 0) is 16.0 Å². The number of nitrogens with one attached hydrogen (secondary N) is 2. The van der Waals surface area contributed by atoms with E-state index in [0.29, 0.717) is 24.2 Å². The Morgan fingerprint density at radius 1 is 1.25 bits per heavy atom. The fourth-order valence-electron chi connectivity index (χ4n) is 6.59. The monoisotopic (exact) mass is 379 g/mol. The predicted octanol–water partition coefficient (Wildman–Crippen LogP) is 2.62. The minimum atomic E-state index is -0.297. The number of carbonyl (C=O) groups is 1. The van der Waals surface area contributed by atoms with E-state index in [0.717, 1.165) is 45.2 Å². The number of nitrogens with zero attached hydrogens (tertiary/aromatic N) is 1. The first kappa shape index (κ1) is 17.0. The molecule has 1 aromatic rings. The van der Waals surface area contributed by atoms with Crippen LogP contribution in [0, 0.1) is 0 Å². The third kappa shape index (κ3) is 2.49. The van der Waals surface area contributed by atoms with E-state index >= 15 is 0 Å². The van der Waals surface area contributed by atoms with Gasteiger partial charge in [-0.15, -0.1) is 0 Å². The zero-order chi connectivity index (χ0) is 18.7. The first-order valence-corrected chi connectivity index (χ1v) is 11.0. The standard InChI is InChI=1S/C23H29N3O2/c27-22-13-16-12-19(20-14-23(16,28-22)21-7-3-4-10-26(20)21)24-9-8-17-11-15-5-1-2-6-18(15)25-17/h1-2,5-6,13,17,19-21,24-25H,3-4,7-12,14H2/t17?,19?,20-,21+,23-/m0/s1. The van der Waals surface area contributed by atoms with E-state index in [1.165, 1.54) is 29.7 Å². The number of ether oxygens (including phenoxy) is 1. The average Bonchev–Trinajstić information content (AvgIpc) is 3.35. The molecule has 28 heavy (non-hydrogen) atoms. The molecule has 1 saturated carbocycles. The van der Waals surface area contributed by atoms with Crippen LogP contribution in [0.3, 0.4) is 0 Å². The summed E-state index contributed by atoms with van der Waals surface area (Å²) in [6, 6.07) is 10.5. The van der Waals surface area contributed by atoms with Crippen molar-refractivity contribution >= 4 is 11.7 Å². The Balaban J connectivity index is 1.14. The van der Waals surface area contributed by atoms with Gasteiger partial charge in [-0.25, -0.2) is 4.79 Å². The van der Waals surface area contributed by atoms with Gasteiger partial charge in [-0.05, 0) is 62.4 Å². The van der Waals surface area contributed by atoms with Gasteiger partial charge >= 0.3 is 5.97 Å². The van der Waals surface area contributed by atoms with Gasteiger partial charge in [0.25, 0.3) is 0 Å². The highest BCUT2D eigenvalue weighted by atomic mass is 16.6. The SMILES string of the molecule is O=C1C=C2CC(NCCC3Cc4ccccc4N3)[C@@H]3C[C@@]2(O1)[C@H]1CCCCN31. The molecular weight excluding hydrogens is 350 g/mol. The first-order chi connectivity index (χ1) is 13.7. The van der Waals surface area contributed by atoms with Crippen LogP contribution in [0.25, 0.3) is 0 Å². The smallest absolute Gasteiger partial charge is 0.331 e. The number of fused-ring (bicyclic) bond motifs is 4. The first-order valence-electron chi connectivity index (χ1n) is 11.0. The van der Waals surface area contributed by atoms with Crippen LogP contribution in [0.2, 0.25) is 0 Å². The second-order valence-corrected chi connectivity index (χ2v) is 9.26. The van der Waals surface area contributed by atoms with Gasteiger partial charge in [0, 0.05) is 36.3 Å². The van der Waals surface area contributed by atoms with E-state index in [1.54, 1.807) is 6.08 Å². The lowest BCUT2D eigenvalue weighted by molar-refractivity contribution is -0.148. The molecule has 2 unspecified atom stereocenters. The number of rotatable bonds is 4. The zero-order valence-electron chi connectivity index (χ0n) is 16.3. The molecule has 2 saturated heterocycles. The molecule has 1 aromatic carbocycles. The molecule has 6 rings (SSSR count). The maximum atomic E-state index is 12.1. The van der Waals surface area contributed by atoms with Crippen LogP contribution in [0.1, 0.15) is 44.1 Å². The van der Waals surface area contributed by atoms with Crippen molar-refractivity contribution in [2.45, 2.75) is 74.7 Å². The van der Waals surface area contributed by atoms with E-state index in [1.807, 2.05) is 0 Å². The van der Waals surface area contributed by atoms with Gasteiger partial charge in [-0.1, -0.05) is 24.6 Å². The number of esters is 1. The van der Waals surface area contributed by atoms with E-state index < -0.39 is 0 Å². The summed E-state index contributed by atoms with van der Waals surface area (Å²) in [7, 11) is 0. The minimum absolute atomic E-state index is 0.116. The molecule has 2 bridgehead atoms. The third-order valence-electron chi connectivity index (χ3n) is 7.79. The van der Waals surface area contributed by atoms with Crippen LogP contribution in [-0.4, -0.2) is 53.7 Å². The van der Waals surface area contributed by atoms with Gasteiger partial charge in [0.15, 0.2) is 5.60 Å². The summed E-state index contributed by atoms with van der Waals surface area (Å²) in [5, 5.41) is 7.54. The van der Waals surface area contributed by atoms with Gasteiger partial charge in [0.2, 0.25) is 0 Å². The number of carbonyl (C=O) groups excluding carboxylic acids is 1. The lowest BCUT2D eigenvalue weighted by atomic mass is 9.75. The number of anilines is 1. The topological polar surface area (TPSA) is 53.6 Å². The molecule has 0 amide bonds. The number of hydrogen-bond acceptors (Lipinski definition) is 5. The summed E-state index contributed by atoms with van der Waals surface area (Å²) >= 11 is 0. The number of piperidine rings is 1. The third-order valence-corrected chi connectivity index (χ3v) is 7.79. The average molecular weight is 380 g/mol. The van der Waals surface area contributed by atoms with Gasteiger partial charge in [0.1, 0.15) is 0 Å². The normalized spacial score (nSPS) is 38.3. The van der Waals surface area contributed by atoms with Crippen molar-refractivity contribution < 1.29 is 9.53 Å². The summed E-state index contributed by atoms with van der Waals surface area (Å²) in [5.74, 6) is -0.116. The molecule has 3 fully saturated rings. The second-order valence-electron chi connectivity index (χ2n) is 9.26. The van der Waals surface area contributed by atoms with Crippen molar-refractivity contribution in [2.75, 3.05) is 18.4 Å². The summed E-state index contributed by atoms with van der Waals surface area (Å²) in [6.07, 6.45) is 9.69. The summed E-state index contributed by atoms with van der Waals surface area (Å²) < 4.78 is 5.97. The van der Waals surface area contributed by atoms with Crippen LogP contribution in [0.5, 0.6) is 0 Å². The molecule has 4 heterocycles. The van der Waals surface area contributed by atoms with Crippen molar-refractivity contribution in [1.29, 1.82) is 0 Å². The van der Waals surface area contributed by atoms with Crippen LogP contribution < -0.4 is 10.6 Å². The van der Waals surface area contributed by atoms with Crippen molar-refractivity contribution in [3.63, 3.8) is 0 Å². The van der Waals surface area contributed by atoms with E-state index in [9.17, 15) is 4.79 Å². The summed E-state index contributed by atoms with van der Waals surface area (Å²) in [5.41, 5.74) is 3.70. The Bertz CT molecular complexity index is 812. The summed E-state index contributed by atoms with van der Waals surface area (Å²) in [6.45, 7) is 2.17. The Kier molecular flexibility index (Phi) is 3.85. The van der Waals surface area contributed by atoms with E-state index in [-0.39, 0.29) is 11.6 Å². The van der Waals surface area contributed by atoms with Crippen LogP contribution >= 0.6 is 0 Å². The van der Waals surface area contributed by atoms with Gasteiger partial charge in [-0.3, -0.25) is 4.90 Å². The summed E-state index contributed by atoms with van der Waals surface area (Å²) in [4.78, 5) is 14.8. The Morgan fingerprint density at radius 2 is 2.18 bits per heavy atom. The maximum Gasteiger partial charge on any atom is 0.331 e. The van der Waals surface area contributed by atoms with Crippen molar-refractivity contribution in [3.05, 3.63) is 41.5 Å². The highest BCUT2D eigenvalue weighted by molar-refractivity contribution is 5.87. The fraction of sp³-hybridized carbons (Fsp3) is 0.609. The lowest BCUT2D eigenvalue weighted by Gasteiger charge is -2.38. The van der Waals surface area contributed by atoms with Crippen molar-refractivity contribution in [2.24, 2.45) is 0 Å². The molecule has 5 aliphatic rings. The number of para-hydroxylation sites is 1. The van der Waals surface area contributed by atoms with Crippen LogP contribution in [0.15, 0.2) is 35.9 Å². The zero-order valence-corrected chi connectivity index (χ0v) is 16.3. The molecule has 148 valence electrons. The largest absolute Gasteiger partial charge is 0.450 e. The molecule has 4 aliphatic heterocycles.